The van der Waals surface area contributed by atoms with Crippen molar-refractivity contribution in [3.63, 3.8) is 0 Å². The quantitative estimate of drug-likeness (QED) is 0.176. The van der Waals surface area contributed by atoms with Crippen LogP contribution in [0.4, 0.5) is 0 Å². The van der Waals surface area contributed by atoms with Crippen LogP contribution in [0.1, 0.15) is 52.7 Å². The largest absolute Gasteiger partial charge is 0.309 e. The Kier molecular flexibility index (Phi) is 9.25. The standard InChI is InChI=1S/C80H56N6/c1-79(2,3)49-41-57(47-33-35-67-58(37-47)55-29-17-19-31-65(55)83(67)51-23-9-7-10-24-51)73-62(42-49)63-43-50(80(4,5)6)44-64-71-77(85(73)74(63)64)82-72-70-54-28-16-14-22-46(54)39-61-60-38-45-21-13-15-27-53(45)69(75(60)86(76(61)70)78(72)81-71)48-34-36-68-59(40-48)56-30-18-20-32-66(56)84(68)52-25-11-8-12-26-52/h7-44H,1-6H3. The van der Waals surface area contributed by atoms with Gasteiger partial charge in [-0.25, -0.2) is 9.97 Å². The Morgan fingerprint density at radius 1 is 0.302 bits per heavy atom. The summed E-state index contributed by atoms with van der Waals surface area (Å²) < 4.78 is 9.83. The summed E-state index contributed by atoms with van der Waals surface area (Å²) in [6.45, 7) is 14.0. The fourth-order valence-corrected chi connectivity index (χ4v) is 15.2. The highest BCUT2D eigenvalue weighted by Crippen LogP contribution is 2.51. The van der Waals surface area contributed by atoms with Crippen LogP contribution < -0.4 is 0 Å². The van der Waals surface area contributed by atoms with Crippen LogP contribution >= 0.6 is 0 Å². The molecule has 6 nitrogen and oxygen atoms in total. The van der Waals surface area contributed by atoms with E-state index in [-0.39, 0.29) is 10.8 Å². The molecule has 86 heavy (non-hydrogen) atoms. The van der Waals surface area contributed by atoms with Gasteiger partial charge in [0.15, 0.2) is 11.3 Å². The number of aromatic nitrogens is 6. The molecule has 0 fully saturated rings. The lowest BCUT2D eigenvalue weighted by molar-refractivity contribution is 0.591. The summed E-state index contributed by atoms with van der Waals surface area (Å²) in [6, 6.07) is 86.0. The number of fused-ring (bicyclic) bond motifs is 21. The molecule has 0 atom stereocenters. The molecule has 19 aromatic rings. The summed E-state index contributed by atoms with van der Waals surface area (Å²) in [5, 5.41) is 16.8. The molecule has 12 aromatic carbocycles. The zero-order valence-electron chi connectivity index (χ0n) is 48.6. The van der Waals surface area contributed by atoms with Crippen LogP contribution in [0.25, 0.3) is 175 Å². The van der Waals surface area contributed by atoms with Gasteiger partial charge in [0, 0.05) is 76.4 Å². The number of hydrogen-bond donors (Lipinski definition) is 0. The fraction of sp³-hybridized carbons (Fsp3) is 0.100. The molecular weight excluding hydrogens is 1040 g/mol. The molecule has 0 aliphatic rings. The van der Waals surface area contributed by atoms with Gasteiger partial charge in [0.05, 0.1) is 44.1 Å². The number of nitrogens with zero attached hydrogens (tertiary/aromatic N) is 6. The summed E-state index contributed by atoms with van der Waals surface area (Å²) in [7, 11) is 0. The van der Waals surface area contributed by atoms with Crippen LogP contribution in [-0.2, 0) is 10.8 Å². The van der Waals surface area contributed by atoms with E-state index in [1.54, 1.807) is 0 Å². The highest BCUT2D eigenvalue weighted by atomic mass is 15.1. The molecule has 406 valence electrons. The zero-order valence-corrected chi connectivity index (χ0v) is 48.6. The third kappa shape index (κ3) is 6.29. The van der Waals surface area contributed by atoms with Gasteiger partial charge >= 0.3 is 0 Å². The predicted octanol–water partition coefficient (Wildman–Crippen LogP) is 21.2. The molecule has 0 N–H and O–H groups in total. The van der Waals surface area contributed by atoms with Gasteiger partial charge in [0.2, 0.25) is 0 Å². The van der Waals surface area contributed by atoms with E-state index in [1.807, 2.05) is 0 Å². The van der Waals surface area contributed by atoms with E-state index in [1.165, 1.54) is 115 Å². The number of hydrogen-bond acceptors (Lipinski definition) is 2. The maximum atomic E-state index is 6.14. The molecule has 7 heterocycles. The number of rotatable bonds is 4. The summed E-state index contributed by atoms with van der Waals surface area (Å²) >= 11 is 0. The van der Waals surface area contributed by atoms with E-state index >= 15 is 0 Å². The van der Waals surface area contributed by atoms with E-state index in [0.717, 1.165) is 72.1 Å². The first-order chi connectivity index (χ1) is 41.9. The second kappa shape index (κ2) is 16.6. The van der Waals surface area contributed by atoms with Crippen molar-refractivity contribution in [3.05, 3.63) is 242 Å². The lowest BCUT2D eigenvalue weighted by atomic mass is 9.83. The molecule has 0 radical (unpaired) electrons. The van der Waals surface area contributed by atoms with E-state index in [0.29, 0.717) is 0 Å². The Hall–Kier alpha value is -10.6. The Bertz CT molecular complexity index is 6140. The first-order valence-corrected chi connectivity index (χ1v) is 30.1. The fourth-order valence-electron chi connectivity index (χ4n) is 15.2. The van der Waals surface area contributed by atoms with Gasteiger partial charge in [-0.3, -0.25) is 8.80 Å². The third-order valence-electron chi connectivity index (χ3n) is 19.2. The van der Waals surface area contributed by atoms with Crippen molar-refractivity contribution >= 4 is 142 Å². The third-order valence-corrected chi connectivity index (χ3v) is 19.2. The summed E-state index contributed by atoms with van der Waals surface area (Å²) in [4.78, 5) is 12.3. The molecule has 0 saturated heterocycles. The summed E-state index contributed by atoms with van der Waals surface area (Å²) in [5.41, 5.74) is 22.2. The zero-order chi connectivity index (χ0) is 57.2. The Balaban J connectivity index is 0.966. The van der Waals surface area contributed by atoms with Gasteiger partial charge in [-0.05, 0) is 152 Å². The molecule has 6 heteroatoms. The van der Waals surface area contributed by atoms with Crippen LogP contribution in [-0.4, -0.2) is 27.9 Å². The van der Waals surface area contributed by atoms with Crippen LogP contribution in [0, 0.1) is 0 Å². The molecule has 0 spiro atoms. The molecule has 0 aliphatic carbocycles. The maximum absolute atomic E-state index is 6.14. The van der Waals surface area contributed by atoms with Gasteiger partial charge in [-0.15, -0.1) is 0 Å². The minimum atomic E-state index is -0.156. The topological polar surface area (TPSA) is 44.5 Å². The lowest BCUT2D eigenvalue weighted by Gasteiger charge is -2.21. The first kappa shape index (κ1) is 47.9. The molecule has 0 unspecified atom stereocenters. The normalized spacial score (nSPS) is 13.0. The monoisotopic (exact) mass is 1100 g/mol. The maximum Gasteiger partial charge on any atom is 0.165 e. The second-order valence-corrected chi connectivity index (χ2v) is 26.2. The minimum Gasteiger partial charge on any atom is -0.309 e. The second-order valence-electron chi connectivity index (χ2n) is 26.2. The molecule has 7 aromatic heterocycles. The van der Waals surface area contributed by atoms with Gasteiger partial charge in [-0.1, -0.05) is 175 Å². The van der Waals surface area contributed by atoms with E-state index < -0.39 is 0 Å². The Labute approximate surface area is 494 Å². The van der Waals surface area contributed by atoms with Crippen LogP contribution in [0.5, 0.6) is 0 Å². The van der Waals surface area contributed by atoms with E-state index in [2.05, 4.69) is 290 Å². The van der Waals surface area contributed by atoms with E-state index in [9.17, 15) is 0 Å². The summed E-state index contributed by atoms with van der Waals surface area (Å²) in [6.07, 6.45) is 0. The van der Waals surface area contributed by atoms with Gasteiger partial charge in [0.25, 0.3) is 0 Å². The van der Waals surface area contributed by atoms with Crippen molar-refractivity contribution in [1.82, 2.24) is 27.9 Å². The van der Waals surface area contributed by atoms with Crippen molar-refractivity contribution in [2.24, 2.45) is 0 Å². The first-order valence-electron chi connectivity index (χ1n) is 30.1. The number of para-hydroxylation sites is 4. The Morgan fingerprint density at radius 3 is 1.37 bits per heavy atom. The molecule has 0 aliphatic heterocycles. The SMILES string of the molecule is CC(C)(C)c1cc(-c2ccc3c(c2)c2ccccc2n3-c2ccccc2)c2c(c1)c1cc(C(C)(C)C)cc3c4nc5c(nc4n2c13)c1c2ccccc2cc2c3cc4ccccc4c(-c4ccc6c(c4)c4ccccc4n6-c4ccccc4)c3n5c21. The van der Waals surface area contributed by atoms with Crippen molar-refractivity contribution < 1.29 is 0 Å². The van der Waals surface area contributed by atoms with Gasteiger partial charge < -0.3 is 9.13 Å². The van der Waals surface area contributed by atoms with Crippen LogP contribution in [0.2, 0.25) is 0 Å². The molecule has 0 bridgehead atoms. The van der Waals surface area contributed by atoms with Crippen LogP contribution in [0.3, 0.4) is 0 Å². The van der Waals surface area contributed by atoms with E-state index in [4.69, 9.17) is 9.97 Å². The van der Waals surface area contributed by atoms with Crippen molar-refractivity contribution in [1.29, 1.82) is 0 Å². The highest BCUT2D eigenvalue weighted by Gasteiger charge is 2.31. The number of benzene rings is 12. The predicted molar refractivity (Wildman–Crippen MR) is 363 cm³/mol. The van der Waals surface area contributed by atoms with Crippen molar-refractivity contribution in [2.45, 2.75) is 52.4 Å². The summed E-state index contributed by atoms with van der Waals surface area (Å²) in [5.74, 6) is 0. The average Bonchev–Trinajstić information content (AvgIpc) is 1.52. The Morgan fingerprint density at radius 2 is 0.744 bits per heavy atom. The average molecular weight is 1100 g/mol. The smallest absolute Gasteiger partial charge is 0.165 e. The van der Waals surface area contributed by atoms with Gasteiger partial charge in [-0.2, -0.15) is 0 Å². The molecule has 0 saturated carbocycles. The molecular formula is C80H56N6. The van der Waals surface area contributed by atoms with Crippen molar-refractivity contribution in [3.8, 4) is 33.6 Å². The lowest BCUT2D eigenvalue weighted by Crippen LogP contribution is -2.11. The van der Waals surface area contributed by atoms with Crippen LogP contribution in [0.15, 0.2) is 231 Å². The highest BCUT2D eigenvalue weighted by molar-refractivity contribution is 6.34. The van der Waals surface area contributed by atoms with Gasteiger partial charge in [0.1, 0.15) is 11.0 Å². The molecule has 19 rings (SSSR count). The molecule has 0 amide bonds. The van der Waals surface area contributed by atoms with Crippen molar-refractivity contribution in [2.75, 3.05) is 0 Å². The minimum absolute atomic E-state index is 0.134.